The number of benzene rings is 1. The molecule has 108 valence electrons. The molecule has 0 amide bonds. The number of rotatable bonds is 5. The number of aryl methyl sites for hydroxylation is 1. The molecule has 0 saturated heterocycles. The Morgan fingerprint density at radius 2 is 2.24 bits per heavy atom. The maximum Gasteiger partial charge on any atom is 0.306 e. The molecule has 4 nitrogen and oxygen atoms in total. The predicted octanol–water partition coefficient (Wildman–Crippen LogP) is 4.05. The number of thiazole rings is 1. The number of hydrogen-bond acceptors (Lipinski definition) is 5. The number of carbonyl (C=O) groups excluding carboxylic acids is 1. The highest BCUT2D eigenvalue weighted by Crippen LogP contribution is 2.28. The fraction of sp³-hybridized carbons (Fsp3) is 0.250. The third kappa shape index (κ3) is 3.13. The summed E-state index contributed by atoms with van der Waals surface area (Å²) in [7, 11) is 0. The molecule has 0 N–H and O–H groups in total. The van der Waals surface area contributed by atoms with Crippen LogP contribution in [0.4, 0.5) is 0 Å². The number of carbonyl (C=O) groups is 1. The van der Waals surface area contributed by atoms with Crippen LogP contribution in [0.25, 0.3) is 22.4 Å². The van der Waals surface area contributed by atoms with Gasteiger partial charge >= 0.3 is 5.97 Å². The van der Waals surface area contributed by atoms with Crippen LogP contribution in [0.1, 0.15) is 18.4 Å². The summed E-state index contributed by atoms with van der Waals surface area (Å²) in [6.07, 6.45) is 0.963. The standard InChI is InChI=1S/C16H15NO3S/c1-2-19-16(18)8-7-15-17-12(10-21-15)14-9-11-5-3-4-6-13(11)20-14/h3-6,9-10H,2,7-8H2,1H3. The molecule has 3 aromatic rings. The van der Waals surface area contributed by atoms with Gasteiger partial charge in [-0.05, 0) is 19.1 Å². The Balaban J connectivity index is 1.73. The minimum absolute atomic E-state index is 0.182. The fourth-order valence-corrected chi connectivity index (χ4v) is 2.88. The summed E-state index contributed by atoms with van der Waals surface area (Å²) in [4.78, 5) is 15.9. The minimum Gasteiger partial charge on any atom is -0.466 e. The summed E-state index contributed by atoms with van der Waals surface area (Å²) < 4.78 is 10.7. The zero-order chi connectivity index (χ0) is 14.7. The second kappa shape index (κ2) is 6.10. The second-order valence-corrected chi connectivity index (χ2v) is 5.52. The van der Waals surface area contributed by atoms with Crippen molar-refractivity contribution in [3.63, 3.8) is 0 Å². The van der Waals surface area contributed by atoms with E-state index in [4.69, 9.17) is 9.15 Å². The third-order valence-electron chi connectivity index (χ3n) is 3.08. The molecule has 0 aliphatic rings. The lowest BCUT2D eigenvalue weighted by Gasteiger charge is -1.98. The average molecular weight is 301 g/mol. The summed E-state index contributed by atoms with van der Waals surface area (Å²) >= 11 is 1.54. The largest absolute Gasteiger partial charge is 0.466 e. The maximum absolute atomic E-state index is 11.3. The lowest BCUT2D eigenvalue weighted by atomic mass is 10.2. The first-order valence-corrected chi connectivity index (χ1v) is 7.73. The van der Waals surface area contributed by atoms with Gasteiger partial charge < -0.3 is 9.15 Å². The molecule has 0 atom stereocenters. The molecule has 0 aliphatic carbocycles. The van der Waals surface area contributed by atoms with Crippen molar-refractivity contribution in [2.24, 2.45) is 0 Å². The quantitative estimate of drug-likeness (QED) is 0.667. The Labute approximate surface area is 126 Å². The summed E-state index contributed by atoms with van der Waals surface area (Å²) in [6, 6.07) is 9.86. The van der Waals surface area contributed by atoms with E-state index in [9.17, 15) is 4.79 Å². The number of esters is 1. The predicted molar refractivity (Wildman–Crippen MR) is 82.3 cm³/mol. The normalized spacial score (nSPS) is 10.9. The molecule has 0 radical (unpaired) electrons. The van der Waals surface area contributed by atoms with Gasteiger partial charge in [0.1, 0.15) is 11.3 Å². The number of ether oxygens (including phenoxy) is 1. The van der Waals surface area contributed by atoms with Crippen molar-refractivity contribution >= 4 is 28.3 Å². The number of furan rings is 1. The average Bonchev–Trinajstić information content (AvgIpc) is 3.11. The lowest BCUT2D eigenvalue weighted by molar-refractivity contribution is -0.143. The van der Waals surface area contributed by atoms with Crippen molar-refractivity contribution in [3.05, 3.63) is 40.7 Å². The van der Waals surface area contributed by atoms with Gasteiger partial charge in [0.25, 0.3) is 0 Å². The molecular formula is C16H15NO3S. The molecule has 0 unspecified atom stereocenters. The van der Waals surface area contributed by atoms with E-state index in [2.05, 4.69) is 4.98 Å². The highest BCUT2D eigenvalue weighted by molar-refractivity contribution is 7.09. The number of para-hydroxylation sites is 1. The number of nitrogens with zero attached hydrogens (tertiary/aromatic N) is 1. The van der Waals surface area contributed by atoms with Crippen LogP contribution in [0.2, 0.25) is 0 Å². The van der Waals surface area contributed by atoms with Gasteiger partial charge in [-0.15, -0.1) is 11.3 Å². The lowest BCUT2D eigenvalue weighted by Crippen LogP contribution is -2.04. The Hall–Kier alpha value is -2.14. The van der Waals surface area contributed by atoms with Crippen LogP contribution in [0.5, 0.6) is 0 Å². The highest BCUT2D eigenvalue weighted by Gasteiger charge is 2.11. The van der Waals surface area contributed by atoms with Crippen LogP contribution in [-0.2, 0) is 16.0 Å². The van der Waals surface area contributed by atoms with E-state index in [1.54, 1.807) is 6.92 Å². The van der Waals surface area contributed by atoms with Gasteiger partial charge in [-0.25, -0.2) is 4.98 Å². The summed E-state index contributed by atoms with van der Waals surface area (Å²) in [6.45, 7) is 2.22. The second-order valence-electron chi connectivity index (χ2n) is 4.58. The Morgan fingerprint density at radius 3 is 3.05 bits per heavy atom. The first kappa shape index (κ1) is 13.8. The van der Waals surface area contributed by atoms with Gasteiger partial charge in [-0.1, -0.05) is 18.2 Å². The summed E-state index contributed by atoms with van der Waals surface area (Å²) in [5.41, 5.74) is 1.67. The van der Waals surface area contributed by atoms with E-state index in [0.29, 0.717) is 19.4 Å². The molecule has 1 aromatic carbocycles. The molecule has 0 bridgehead atoms. The van der Waals surface area contributed by atoms with Gasteiger partial charge in [0.05, 0.1) is 18.0 Å². The van der Waals surface area contributed by atoms with Gasteiger partial charge in [-0.3, -0.25) is 4.79 Å². The number of hydrogen-bond donors (Lipinski definition) is 0. The van der Waals surface area contributed by atoms with Crippen molar-refractivity contribution in [3.8, 4) is 11.5 Å². The summed E-state index contributed by atoms with van der Waals surface area (Å²) in [5.74, 6) is 0.577. The van der Waals surface area contributed by atoms with Crippen LogP contribution in [0, 0.1) is 0 Å². The molecular weight excluding hydrogens is 286 g/mol. The molecule has 3 rings (SSSR count). The van der Waals surface area contributed by atoms with Crippen molar-refractivity contribution in [2.75, 3.05) is 6.61 Å². The van der Waals surface area contributed by atoms with Gasteiger partial charge in [-0.2, -0.15) is 0 Å². The molecule has 21 heavy (non-hydrogen) atoms. The molecule has 0 saturated carbocycles. The fourth-order valence-electron chi connectivity index (χ4n) is 2.09. The van der Waals surface area contributed by atoms with E-state index in [1.807, 2.05) is 35.7 Å². The highest BCUT2D eigenvalue weighted by atomic mass is 32.1. The Morgan fingerprint density at radius 1 is 1.38 bits per heavy atom. The van der Waals surface area contributed by atoms with E-state index in [0.717, 1.165) is 27.4 Å². The molecule has 0 aliphatic heterocycles. The molecule has 2 heterocycles. The minimum atomic E-state index is -0.182. The van der Waals surface area contributed by atoms with Crippen LogP contribution in [-0.4, -0.2) is 17.6 Å². The molecule has 2 aromatic heterocycles. The zero-order valence-electron chi connectivity index (χ0n) is 11.7. The van der Waals surface area contributed by atoms with Crippen LogP contribution in [0.15, 0.2) is 40.1 Å². The van der Waals surface area contributed by atoms with E-state index >= 15 is 0 Å². The van der Waals surface area contributed by atoms with Crippen molar-refractivity contribution in [2.45, 2.75) is 19.8 Å². The van der Waals surface area contributed by atoms with Crippen molar-refractivity contribution in [1.29, 1.82) is 0 Å². The number of aromatic nitrogens is 1. The molecule has 5 heteroatoms. The van der Waals surface area contributed by atoms with E-state index in [1.165, 1.54) is 11.3 Å². The zero-order valence-corrected chi connectivity index (χ0v) is 12.5. The Kier molecular flexibility index (Phi) is 4.01. The number of fused-ring (bicyclic) bond motifs is 1. The SMILES string of the molecule is CCOC(=O)CCc1nc(-c2cc3ccccc3o2)cs1. The smallest absolute Gasteiger partial charge is 0.306 e. The van der Waals surface area contributed by atoms with Crippen LogP contribution < -0.4 is 0 Å². The van der Waals surface area contributed by atoms with Gasteiger partial charge in [0, 0.05) is 17.2 Å². The first-order chi connectivity index (χ1) is 10.3. The van der Waals surface area contributed by atoms with Gasteiger partial charge in [0.2, 0.25) is 0 Å². The summed E-state index contributed by atoms with van der Waals surface area (Å²) in [5, 5.41) is 3.94. The van der Waals surface area contributed by atoms with Gasteiger partial charge in [0.15, 0.2) is 5.76 Å². The monoisotopic (exact) mass is 301 g/mol. The maximum atomic E-state index is 11.3. The molecule has 0 spiro atoms. The van der Waals surface area contributed by atoms with Crippen molar-refractivity contribution < 1.29 is 13.9 Å². The first-order valence-electron chi connectivity index (χ1n) is 6.85. The van der Waals surface area contributed by atoms with Crippen molar-refractivity contribution in [1.82, 2.24) is 4.98 Å². The molecule has 0 fully saturated rings. The topological polar surface area (TPSA) is 52.3 Å². The van der Waals surface area contributed by atoms with E-state index < -0.39 is 0 Å². The van der Waals surface area contributed by atoms with Crippen LogP contribution >= 0.6 is 11.3 Å². The van der Waals surface area contributed by atoms with Crippen LogP contribution in [0.3, 0.4) is 0 Å². The third-order valence-corrected chi connectivity index (χ3v) is 3.99. The Bertz CT molecular complexity index is 727. The van der Waals surface area contributed by atoms with E-state index in [-0.39, 0.29) is 5.97 Å².